The summed E-state index contributed by atoms with van der Waals surface area (Å²) in [5, 5.41) is 5.88. The van der Waals surface area contributed by atoms with Crippen LogP contribution in [0.3, 0.4) is 0 Å². The Balaban J connectivity index is 2.46. The molecule has 26 heavy (non-hydrogen) atoms. The molecule has 0 atom stereocenters. The maximum Gasteiger partial charge on any atom is 0.325 e. The van der Waals surface area contributed by atoms with E-state index >= 15 is 0 Å². The van der Waals surface area contributed by atoms with E-state index in [0.717, 1.165) is 0 Å². The van der Waals surface area contributed by atoms with E-state index in [1.165, 1.54) is 4.57 Å². The van der Waals surface area contributed by atoms with Gasteiger partial charge in [-0.05, 0) is 13.8 Å². The van der Waals surface area contributed by atoms with Crippen molar-refractivity contribution in [3.05, 3.63) is 10.4 Å². The van der Waals surface area contributed by atoms with Crippen LogP contribution in [0.1, 0.15) is 13.8 Å². The van der Waals surface area contributed by atoms with Crippen LogP contribution in [0.5, 0.6) is 0 Å². The van der Waals surface area contributed by atoms with Crippen LogP contribution in [0.2, 0.25) is 0 Å². The molecule has 2 aromatic rings. The lowest BCUT2D eigenvalue weighted by Gasteiger charge is -2.10. The molecular weight excluding hydrogens is 338 g/mol. The first-order chi connectivity index (χ1) is 12.5. The van der Waals surface area contributed by atoms with Gasteiger partial charge in [0.05, 0.1) is 13.2 Å². The fraction of sp³-hybridized carbons (Fsp3) is 0.500. The van der Waals surface area contributed by atoms with Gasteiger partial charge in [-0.15, -0.1) is 5.92 Å². The molecule has 0 aliphatic rings. The van der Waals surface area contributed by atoms with Crippen molar-refractivity contribution in [1.29, 1.82) is 0 Å². The molecule has 2 aromatic heterocycles. The SMILES string of the molecule is CC#CCn1c(NCCN)nc2nc(NCC(=O)OCC)n(C)c(=O)c21. The average Bonchev–Trinajstić information content (AvgIpc) is 2.97. The molecule has 2 heterocycles. The normalized spacial score (nSPS) is 10.3. The first-order valence-electron chi connectivity index (χ1n) is 8.23. The molecule has 140 valence electrons. The number of anilines is 2. The molecule has 10 nitrogen and oxygen atoms in total. The van der Waals surface area contributed by atoms with Crippen molar-refractivity contribution in [2.45, 2.75) is 20.4 Å². The topological polar surface area (TPSA) is 129 Å². The van der Waals surface area contributed by atoms with Crippen molar-refractivity contribution >= 4 is 29.0 Å². The number of carbonyl (C=O) groups excluding carboxylic acids is 1. The van der Waals surface area contributed by atoms with E-state index in [-0.39, 0.29) is 30.3 Å². The lowest BCUT2D eigenvalue weighted by molar-refractivity contribution is -0.140. The first kappa shape index (κ1) is 19.3. The number of ether oxygens (including phenoxy) is 1. The van der Waals surface area contributed by atoms with Gasteiger partial charge >= 0.3 is 5.97 Å². The number of rotatable bonds is 8. The summed E-state index contributed by atoms with van der Waals surface area (Å²) >= 11 is 0. The maximum absolute atomic E-state index is 12.8. The highest BCUT2D eigenvalue weighted by molar-refractivity contribution is 5.77. The maximum atomic E-state index is 12.8. The Morgan fingerprint density at radius 1 is 1.31 bits per heavy atom. The van der Waals surface area contributed by atoms with E-state index in [1.54, 1.807) is 25.5 Å². The Labute approximate surface area is 150 Å². The first-order valence-corrected chi connectivity index (χ1v) is 8.23. The third kappa shape index (κ3) is 4.12. The highest BCUT2D eigenvalue weighted by atomic mass is 16.5. The molecule has 0 bridgehead atoms. The summed E-state index contributed by atoms with van der Waals surface area (Å²) in [7, 11) is 1.57. The number of fused-ring (bicyclic) bond motifs is 1. The second kappa shape index (κ2) is 8.87. The smallest absolute Gasteiger partial charge is 0.325 e. The molecule has 0 amide bonds. The summed E-state index contributed by atoms with van der Waals surface area (Å²) in [5.41, 5.74) is 5.82. The molecule has 2 rings (SSSR count). The number of nitrogens with one attached hydrogen (secondary N) is 2. The van der Waals surface area contributed by atoms with Gasteiger partial charge < -0.3 is 21.1 Å². The minimum atomic E-state index is -0.434. The molecule has 0 aliphatic carbocycles. The van der Waals surface area contributed by atoms with Crippen molar-refractivity contribution in [2.75, 3.05) is 36.9 Å². The third-order valence-electron chi connectivity index (χ3n) is 3.52. The zero-order chi connectivity index (χ0) is 19.1. The van der Waals surface area contributed by atoms with Crippen molar-refractivity contribution in [3.63, 3.8) is 0 Å². The van der Waals surface area contributed by atoms with Crippen molar-refractivity contribution < 1.29 is 9.53 Å². The van der Waals surface area contributed by atoms with Gasteiger partial charge in [-0.25, -0.2) is 0 Å². The van der Waals surface area contributed by atoms with Gasteiger partial charge in [-0.2, -0.15) is 9.97 Å². The van der Waals surface area contributed by atoms with Crippen LogP contribution in [0.25, 0.3) is 11.2 Å². The molecule has 0 aromatic carbocycles. The van der Waals surface area contributed by atoms with Gasteiger partial charge in [0.1, 0.15) is 6.54 Å². The van der Waals surface area contributed by atoms with E-state index in [1.807, 2.05) is 0 Å². The molecule has 0 saturated carbocycles. The standard InChI is InChI=1S/C16H23N7O3/c1-4-6-9-23-12-13(21-16(23)18-8-7-17)20-15(22(3)14(12)25)19-10-11(24)26-5-2/h5,7-10,17H2,1-3H3,(H,18,21)(H,19,20). The number of nitrogens with zero attached hydrogens (tertiary/aromatic N) is 4. The lowest BCUT2D eigenvalue weighted by atomic mass is 10.4. The van der Waals surface area contributed by atoms with E-state index < -0.39 is 5.97 Å². The summed E-state index contributed by atoms with van der Waals surface area (Å²) < 4.78 is 7.86. The Bertz CT molecular complexity index is 904. The molecule has 0 aliphatic heterocycles. The van der Waals surface area contributed by atoms with Gasteiger partial charge in [0.2, 0.25) is 11.9 Å². The number of nitrogens with two attached hydrogens (primary N) is 1. The fourth-order valence-corrected chi connectivity index (χ4v) is 2.31. The number of aromatic nitrogens is 4. The number of carbonyl (C=O) groups is 1. The largest absolute Gasteiger partial charge is 0.465 e. The van der Waals surface area contributed by atoms with E-state index in [9.17, 15) is 9.59 Å². The van der Waals surface area contributed by atoms with Gasteiger partial charge in [0.25, 0.3) is 5.56 Å². The Morgan fingerprint density at radius 2 is 2.04 bits per heavy atom. The van der Waals surface area contributed by atoms with Crippen LogP contribution in [0.4, 0.5) is 11.9 Å². The van der Waals surface area contributed by atoms with Crippen molar-refractivity contribution in [3.8, 4) is 11.8 Å². The monoisotopic (exact) mass is 361 g/mol. The molecule has 0 fully saturated rings. The fourth-order valence-electron chi connectivity index (χ4n) is 2.31. The summed E-state index contributed by atoms with van der Waals surface area (Å²) in [6.45, 7) is 4.84. The summed E-state index contributed by atoms with van der Waals surface area (Å²) in [6.07, 6.45) is 0. The van der Waals surface area contributed by atoms with Crippen molar-refractivity contribution in [2.24, 2.45) is 12.8 Å². The predicted molar refractivity (Wildman–Crippen MR) is 98.9 cm³/mol. The summed E-state index contributed by atoms with van der Waals surface area (Å²) in [6, 6.07) is 0. The molecule has 0 radical (unpaired) electrons. The third-order valence-corrected chi connectivity index (χ3v) is 3.52. The summed E-state index contributed by atoms with van der Waals surface area (Å²) in [5.74, 6) is 5.99. The zero-order valence-corrected chi connectivity index (χ0v) is 15.1. The van der Waals surface area contributed by atoms with Crippen LogP contribution in [0, 0.1) is 11.8 Å². The molecule has 4 N–H and O–H groups in total. The predicted octanol–water partition coefficient (Wildman–Crippen LogP) is -0.501. The minimum absolute atomic E-state index is 0.0973. The van der Waals surface area contributed by atoms with Crippen LogP contribution in [-0.2, 0) is 23.1 Å². The molecule has 0 unspecified atom stereocenters. The van der Waals surface area contributed by atoms with Gasteiger partial charge in [-0.1, -0.05) is 5.92 Å². The van der Waals surface area contributed by atoms with Gasteiger partial charge in [0, 0.05) is 20.1 Å². The van der Waals surface area contributed by atoms with E-state index in [0.29, 0.717) is 31.1 Å². The second-order valence-corrected chi connectivity index (χ2v) is 5.29. The zero-order valence-electron chi connectivity index (χ0n) is 15.1. The number of esters is 1. The second-order valence-electron chi connectivity index (χ2n) is 5.29. The van der Waals surface area contributed by atoms with Crippen LogP contribution in [0.15, 0.2) is 4.79 Å². The molecule has 0 spiro atoms. The van der Waals surface area contributed by atoms with Gasteiger partial charge in [-0.3, -0.25) is 18.7 Å². The number of imidazole rings is 1. The average molecular weight is 361 g/mol. The van der Waals surface area contributed by atoms with E-state index in [4.69, 9.17) is 10.5 Å². The van der Waals surface area contributed by atoms with Gasteiger partial charge in [0.15, 0.2) is 11.2 Å². The Hall–Kier alpha value is -3.06. The highest BCUT2D eigenvalue weighted by Gasteiger charge is 2.18. The molecule has 0 saturated heterocycles. The van der Waals surface area contributed by atoms with Crippen LogP contribution < -0.4 is 21.9 Å². The minimum Gasteiger partial charge on any atom is -0.465 e. The van der Waals surface area contributed by atoms with Crippen LogP contribution >= 0.6 is 0 Å². The van der Waals surface area contributed by atoms with Crippen molar-refractivity contribution in [1.82, 2.24) is 19.1 Å². The molecule has 10 heteroatoms. The quantitative estimate of drug-likeness (QED) is 0.424. The van der Waals surface area contributed by atoms with E-state index in [2.05, 4.69) is 32.4 Å². The van der Waals surface area contributed by atoms with Crippen LogP contribution in [-0.4, -0.2) is 51.3 Å². The number of hydrogen-bond acceptors (Lipinski definition) is 8. The lowest BCUT2D eigenvalue weighted by Crippen LogP contribution is -2.26. The highest BCUT2D eigenvalue weighted by Crippen LogP contribution is 2.16. The Morgan fingerprint density at radius 3 is 2.69 bits per heavy atom. The number of hydrogen-bond donors (Lipinski definition) is 3. The Kier molecular flexibility index (Phi) is 6.57. The molecular formula is C16H23N7O3. The summed E-state index contributed by atoms with van der Waals surface area (Å²) in [4.78, 5) is 33.0.